The normalized spacial score (nSPS) is 12.2. The molecule has 0 fully saturated rings. The van der Waals surface area contributed by atoms with Crippen LogP contribution in [0.3, 0.4) is 0 Å². The van der Waals surface area contributed by atoms with Gasteiger partial charge in [-0.2, -0.15) is 35.1 Å². The van der Waals surface area contributed by atoms with Crippen molar-refractivity contribution in [2.45, 2.75) is 66.0 Å². The van der Waals surface area contributed by atoms with E-state index in [0.29, 0.717) is 12.6 Å². The summed E-state index contributed by atoms with van der Waals surface area (Å²) in [7, 11) is 0. The van der Waals surface area contributed by atoms with Gasteiger partial charge >= 0.3 is 18.3 Å². The number of hydrogen-bond acceptors (Lipinski definition) is 10. The number of fused-ring (bicyclic) bond motifs is 2. The minimum Gasteiger partial charge on any atom is -0.466 e. The predicted octanol–water partition coefficient (Wildman–Crippen LogP) is 8.73. The monoisotopic (exact) mass is 796 g/mol. The van der Waals surface area contributed by atoms with Gasteiger partial charge in [-0.25, -0.2) is 23.1 Å². The topological polar surface area (TPSA) is 130 Å². The summed E-state index contributed by atoms with van der Waals surface area (Å²) in [5, 5.41) is 14.4. The lowest BCUT2D eigenvalue weighted by Crippen LogP contribution is -2.20. The van der Waals surface area contributed by atoms with Gasteiger partial charge in [0, 0.05) is 42.8 Å². The smallest absolute Gasteiger partial charge is 0.422 e. The summed E-state index contributed by atoms with van der Waals surface area (Å²) in [4.78, 5) is 15.0. The van der Waals surface area contributed by atoms with Crippen LogP contribution in [0.4, 0.5) is 48.3 Å². The van der Waals surface area contributed by atoms with Crippen molar-refractivity contribution in [3.63, 3.8) is 0 Å². The number of ether oxygens (including phenoxy) is 2. The van der Waals surface area contributed by atoms with Crippen molar-refractivity contribution in [2.75, 3.05) is 13.2 Å². The standard InChI is InChI=1S/C14H9F6N5O.C14H10F5N5O.2C2H6/c1-13(16,17)12-24-23-10-4-21-9(5-25(10)12)7-2-8(15)11(22-3-7)26-6-14(18,19)20;1-7(15)12-23-22-11-4-20-10(5-24(11)12)8-2-9(16)13(21-3-8)25-6-14(17,18)19;2*1-2/h2-5H,6H2,1H3;2-5,7H,6H2,1H3;2*1-2H3. The van der Waals surface area contributed by atoms with Crippen LogP contribution in [0, 0.1) is 11.6 Å². The Morgan fingerprint density at radius 3 is 1.44 bits per heavy atom. The molecule has 6 aromatic rings. The average Bonchev–Trinajstić information content (AvgIpc) is 3.76. The van der Waals surface area contributed by atoms with Crippen LogP contribution in [-0.4, -0.2) is 74.7 Å². The van der Waals surface area contributed by atoms with Gasteiger partial charge in [0.1, 0.15) is 0 Å². The summed E-state index contributed by atoms with van der Waals surface area (Å²) in [5.74, 6) is -7.73. The maximum atomic E-state index is 13.9. The van der Waals surface area contributed by atoms with Gasteiger partial charge in [0.25, 0.3) is 11.8 Å². The largest absolute Gasteiger partial charge is 0.466 e. The van der Waals surface area contributed by atoms with E-state index in [9.17, 15) is 48.3 Å². The van der Waals surface area contributed by atoms with Gasteiger partial charge in [-0.15, -0.1) is 20.4 Å². The molecule has 6 aromatic heterocycles. The van der Waals surface area contributed by atoms with Crippen molar-refractivity contribution in [3.8, 4) is 34.3 Å². The first kappa shape index (κ1) is 43.6. The van der Waals surface area contributed by atoms with Crippen molar-refractivity contribution in [1.82, 2.24) is 49.1 Å². The zero-order chi connectivity index (χ0) is 41.3. The number of rotatable bonds is 8. The van der Waals surface area contributed by atoms with Gasteiger partial charge in [-0.3, -0.25) is 18.8 Å². The van der Waals surface area contributed by atoms with E-state index in [1.807, 2.05) is 27.7 Å². The summed E-state index contributed by atoms with van der Waals surface area (Å²) < 4.78 is 152. The molecule has 0 aliphatic rings. The first-order chi connectivity index (χ1) is 25.8. The Morgan fingerprint density at radius 1 is 0.618 bits per heavy atom. The minimum atomic E-state index is -4.64. The lowest BCUT2D eigenvalue weighted by Gasteiger charge is -2.10. The highest BCUT2D eigenvalue weighted by atomic mass is 19.4. The maximum absolute atomic E-state index is 13.9. The molecule has 0 aliphatic carbocycles. The van der Waals surface area contributed by atoms with E-state index in [4.69, 9.17) is 0 Å². The number of aromatic nitrogens is 10. The molecule has 0 saturated carbocycles. The first-order valence-corrected chi connectivity index (χ1v) is 15.9. The predicted molar refractivity (Wildman–Crippen MR) is 173 cm³/mol. The number of pyridine rings is 2. The zero-order valence-corrected chi connectivity index (χ0v) is 29.6. The van der Waals surface area contributed by atoms with E-state index in [1.54, 1.807) is 0 Å². The average molecular weight is 797 g/mol. The second-order valence-electron chi connectivity index (χ2n) is 10.4. The minimum absolute atomic E-state index is 0.0385. The Balaban J connectivity index is 0.000000271. The molecule has 0 aliphatic heterocycles. The van der Waals surface area contributed by atoms with Crippen LogP contribution in [0.15, 0.2) is 49.3 Å². The maximum Gasteiger partial charge on any atom is 0.422 e. The van der Waals surface area contributed by atoms with E-state index in [-0.39, 0.29) is 34.0 Å². The van der Waals surface area contributed by atoms with Crippen molar-refractivity contribution in [1.29, 1.82) is 0 Å². The molecular formula is C32H31F11N10O2. The summed E-state index contributed by atoms with van der Waals surface area (Å²) in [5.41, 5.74) is 0.804. The fourth-order valence-corrected chi connectivity index (χ4v) is 4.13. The van der Waals surface area contributed by atoms with Crippen molar-refractivity contribution in [2.24, 2.45) is 0 Å². The molecular weight excluding hydrogens is 765 g/mol. The van der Waals surface area contributed by atoms with E-state index in [0.717, 1.165) is 41.3 Å². The van der Waals surface area contributed by atoms with Gasteiger partial charge in [0.2, 0.25) is 5.82 Å². The van der Waals surface area contributed by atoms with Gasteiger partial charge in [-0.05, 0) is 19.1 Å². The van der Waals surface area contributed by atoms with Crippen molar-refractivity contribution < 1.29 is 57.8 Å². The second-order valence-corrected chi connectivity index (χ2v) is 10.4. The third-order valence-electron chi connectivity index (χ3n) is 6.31. The van der Waals surface area contributed by atoms with E-state index >= 15 is 0 Å². The Bertz CT molecular complexity index is 2170. The lowest BCUT2D eigenvalue weighted by molar-refractivity contribution is -0.155. The van der Waals surface area contributed by atoms with Crippen LogP contribution >= 0.6 is 0 Å². The molecule has 298 valence electrons. The molecule has 1 unspecified atom stereocenters. The Labute approximate surface area is 304 Å². The molecule has 55 heavy (non-hydrogen) atoms. The van der Waals surface area contributed by atoms with Crippen LogP contribution in [0.2, 0.25) is 0 Å². The number of alkyl halides is 9. The Kier molecular flexibility index (Phi) is 14.3. The van der Waals surface area contributed by atoms with E-state index in [1.165, 1.54) is 23.7 Å². The van der Waals surface area contributed by atoms with Crippen molar-refractivity contribution >= 4 is 11.3 Å². The summed E-state index contributed by atoms with van der Waals surface area (Å²) in [6, 6.07) is 1.76. The molecule has 0 amide bonds. The molecule has 0 radical (unpaired) electrons. The first-order valence-electron chi connectivity index (χ1n) is 15.9. The fraction of sp³-hybridized carbons (Fsp3) is 0.375. The molecule has 0 bridgehead atoms. The SMILES string of the molecule is CC.CC.CC(F)(F)c1nnc2cnc(-c3cnc(OCC(F)(F)F)c(F)c3)cn12.CC(F)c1nnc2cnc(-c3cnc(OCC(F)(F)F)c(F)c3)cn12. The highest BCUT2D eigenvalue weighted by molar-refractivity contribution is 5.60. The van der Waals surface area contributed by atoms with Gasteiger partial charge in [0.05, 0.1) is 23.8 Å². The van der Waals surface area contributed by atoms with Crippen LogP contribution in [0.25, 0.3) is 33.8 Å². The number of hydrogen-bond donors (Lipinski definition) is 0. The quantitative estimate of drug-likeness (QED) is 0.138. The van der Waals surface area contributed by atoms with E-state index in [2.05, 4.69) is 49.8 Å². The Hall–Kier alpha value is -5.77. The molecule has 12 nitrogen and oxygen atoms in total. The van der Waals surface area contributed by atoms with Gasteiger partial charge in [-0.1, -0.05) is 27.7 Å². The summed E-state index contributed by atoms with van der Waals surface area (Å²) in [6.07, 6.45) is -3.55. The van der Waals surface area contributed by atoms with Gasteiger partial charge < -0.3 is 9.47 Å². The molecule has 23 heteroatoms. The highest BCUT2D eigenvalue weighted by Gasteiger charge is 2.32. The van der Waals surface area contributed by atoms with Crippen LogP contribution in [0.1, 0.15) is 59.4 Å². The molecule has 6 rings (SSSR count). The molecule has 0 N–H and O–H groups in total. The van der Waals surface area contributed by atoms with Crippen LogP contribution in [0.5, 0.6) is 11.8 Å². The second kappa shape index (κ2) is 18.0. The summed E-state index contributed by atoms with van der Waals surface area (Å²) in [6.45, 7) is 6.57. The fourth-order valence-electron chi connectivity index (χ4n) is 4.13. The summed E-state index contributed by atoms with van der Waals surface area (Å²) >= 11 is 0. The zero-order valence-electron chi connectivity index (χ0n) is 29.6. The molecule has 1 atom stereocenters. The van der Waals surface area contributed by atoms with Gasteiger partial charge in [0.15, 0.2) is 48.1 Å². The highest BCUT2D eigenvalue weighted by Crippen LogP contribution is 2.29. The Morgan fingerprint density at radius 2 is 1.04 bits per heavy atom. The van der Waals surface area contributed by atoms with E-state index < -0.39 is 66.9 Å². The molecule has 0 aromatic carbocycles. The lowest BCUT2D eigenvalue weighted by atomic mass is 10.2. The molecule has 0 saturated heterocycles. The van der Waals surface area contributed by atoms with Crippen LogP contribution < -0.4 is 9.47 Å². The van der Waals surface area contributed by atoms with Crippen LogP contribution in [-0.2, 0) is 5.92 Å². The number of nitrogens with zero attached hydrogens (tertiary/aromatic N) is 10. The molecule has 6 heterocycles. The third-order valence-corrected chi connectivity index (χ3v) is 6.31. The molecule has 0 spiro atoms. The number of halogens is 11. The van der Waals surface area contributed by atoms with Crippen molar-refractivity contribution in [3.05, 3.63) is 72.6 Å². The third kappa shape index (κ3) is 11.6.